The molecule has 2 N–H and O–H groups in total. The molecule has 1 nitrogen and oxygen atoms in total. The number of hydrogen-bond donors (Lipinski definition) is 0. The van der Waals surface area contributed by atoms with E-state index in [2.05, 4.69) is 33.4 Å². The van der Waals surface area contributed by atoms with Crippen molar-refractivity contribution in [1.82, 2.24) is 0 Å². The Morgan fingerprint density at radius 1 is 1.31 bits per heavy atom. The van der Waals surface area contributed by atoms with Gasteiger partial charge in [0.25, 0.3) is 0 Å². The van der Waals surface area contributed by atoms with E-state index < -0.39 is 0 Å². The van der Waals surface area contributed by atoms with Crippen LogP contribution in [0.5, 0.6) is 0 Å². The number of fused-ring (bicyclic) bond motifs is 1. The van der Waals surface area contributed by atoms with Crippen molar-refractivity contribution in [1.29, 1.82) is 0 Å². The van der Waals surface area contributed by atoms with Crippen molar-refractivity contribution in [2.45, 2.75) is 52.9 Å². The van der Waals surface area contributed by atoms with Gasteiger partial charge in [-0.3, -0.25) is 0 Å². The standard InChI is InChI=1S/C15H24.H2O/c1-11-6-5-7-12(2)13-10-15(3,4)14(13)9-8-11;/h6,13-14H,2,5,7-10H2,1,3-4H3;1H2/b11-6+;/t13-,14-;/m1./s1. The first-order valence-corrected chi connectivity index (χ1v) is 6.34. The topological polar surface area (TPSA) is 31.5 Å². The van der Waals surface area contributed by atoms with E-state index in [1.54, 1.807) is 5.57 Å². The van der Waals surface area contributed by atoms with Crippen LogP contribution in [-0.2, 0) is 0 Å². The SMILES string of the molecule is C=C1CC/C=C(\C)CC[C@@H]2[C@@H]1CC2(C)C.O. The monoisotopic (exact) mass is 222 g/mol. The van der Waals surface area contributed by atoms with Crippen molar-refractivity contribution >= 4 is 0 Å². The molecule has 0 heterocycles. The maximum absolute atomic E-state index is 4.30. The van der Waals surface area contributed by atoms with E-state index in [1.165, 1.54) is 37.7 Å². The van der Waals surface area contributed by atoms with Gasteiger partial charge in [0.1, 0.15) is 0 Å². The molecule has 16 heavy (non-hydrogen) atoms. The van der Waals surface area contributed by atoms with Gasteiger partial charge in [0.2, 0.25) is 0 Å². The van der Waals surface area contributed by atoms with Gasteiger partial charge < -0.3 is 5.48 Å². The fraction of sp³-hybridized carbons (Fsp3) is 0.733. The first-order valence-electron chi connectivity index (χ1n) is 6.34. The molecule has 2 aliphatic rings. The van der Waals surface area contributed by atoms with E-state index in [9.17, 15) is 0 Å². The summed E-state index contributed by atoms with van der Waals surface area (Å²) < 4.78 is 0. The summed E-state index contributed by atoms with van der Waals surface area (Å²) in [5.74, 6) is 1.73. The molecule has 92 valence electrons. The normalized spacial score (nSPS) is 36.4. The third-order valence-corrected chi connectivity index (χ3v) is 4.57. The summed E-state index contributed by atoms with van der Waals surface area (Å²) in [6.45, 7) is 11.4. The Balaban J connectivity index is 0.00000128. The van der Waals surface area contributed by atoms with Gasteiger partial charge in [-0.25, -0.2) is 0 Å². The van der Waals surface area contributed by atoms with Gasteiger partial charge in [0.05, 0.1) is 0 Å². The molecule has 0 aromatic carbocycles. The minimum atomic E-state index is 0. The lowest BCUT2D eigenvalue weighted by molar-refractivity contribution is 0.00384. The number of allylic oxidation sites excluding steroid dienone is 3. The van der Waals surface area contributed by atoms with Crippen molar-refractivity contribution < 1.29 is 5.48 Å². The molecule has 0 spiro atoms. The minimum absolute atomic E-state index is 0. The highest BCUT2D eigenvalue weighted by molar-refractivity contribution is 5.16. The Hall–Kier alpha value is -0.560. The minimum Gasteiger partial charge on any atom is -0.412 e. The third kappa shape index (κ3) is 2.40. The van der Waals surface area contributed by atoms with Crippen LogP contribution in [0.1, 0.15) is 52.9 Å². The Labute approximate surface area is 99.9 Å². The van der Waals surface area contributed by atoms with Crippen molar-refractivity contribution in [3.63, 3.8) is 0 Å². The van der Waals surface area contributed by atoms with E-state index in [1.807, 2.05) is 0 Å². The van der Waals surface area contributed by atoms with Crippen molar-refractivity contribution in [3.05, 3.63) is 23.8 Å². The molecule has 0 saturated heterocycles. The second kappa shape index (κ2) is 4.75. The van der Waals surface area contributed by atoms with E-state index >= 15 is 0 Å². The highest BCUT2D eigenvalue weighted by Crippen LogP contribution is 2.56. The zero-order valence-corrected chi connectivity index (χ0v) is 11.0. The fourth-order valence-corrected chi connectivity index (χ4v) is 3.44. The summed E-state index contributed by atoms with van der Waals surface area (Å²) in [5, 5.41) is 0. The number of rotatable bonds is 0. The average Bonchev–Trinajstić information content (AvgIpc) is 2.18. The van der Waals surface area contributed by atoms with Crippen LogP contribution in [0.2, 0.25) is 0 Å². The zero-order valence-electron chi connectivity index (χ0n) is 11.0. The van der Waals surface area contributed by atoms with Gasteiger partial charge in [-0.05, 0) is 56.3 Å². The third-order valence-electron chi connectivity index (χ3n) is 4.57. The smallest absolute Gasteiger partial charge is 0.0167 e. The average molecular weight is 222 g/mol. The van der Waals surface area contributed by atoms with Gasteiger partial charge in [-0.15, -0.1) is 0 Å². The molecular weight excluding hydrogens is 196 g/mol. The molecule has 2 atom stereocenters. The maximum Gasteiger partial charge on any atom is -0.0167 e. The highest BCUT2D eigenvalue weighted by Gasteiger charge is 2.47. The molecule has 0 bridgehead atoms. The summed E-state index contributed by atoms with van der Waals surface area (Å²) >= 11 is 0. The Morgan fingerprint density at radius 3 is 2.62 bits per heavy atom. The summed E-state index contributed by atoms with van der Waals surface area (Å²) in [6.07, 6.45) is 8.90. The van der Waals surface area contributed by atoms with Crippen LogP contribution in [0.25, 0.3) is 0 Å². The maximum atomic E-state index is 4.30. The van der Waals surface area contributed by atoms with Gasteiger partial charge in [0.15, 0.2) is 0 Å². The van der Waals surface area contributed by atoms with Crippen molar-refractivity contribution in [2.75, 3.05) is 0 Å². The summed E-state index contributed by atoms with van der Waals surface area (Å²) in [5.41, 5.74) is 3.68. The molecule has 0 aromatic heterocycles. The predicted molar refractivity (Wildman–Crippen MR) is 70.4 cm³/mol. The summed E-state index contributed by atoms with van der Waals surface area (Å²) in [7, 11) is 0. The van der Waals surface area contributed by atoms with Crippen molar-refractivity contribution in [2.24, 2.45) is 17.3 Å². The second-order valence-corrected chi connectivity index (χ2v) is 6.19. The molecule has 0 radical (unpaired) electrons. The first kappa shape index (κ1) is 13.5. The van der Waals surface area contributed by atoms with Crippen LogP contribution >= 0.6 is 0 Å². The van der Waals surface area contributed by atoms with Crippen LogP contribution < -0.4 is 0 Å². The highest BCUT2D eigenvalue weighted by atomic mass is 16.0. The predicted octanol–water partition coefficient (Wildman–Crippen LogP) is 3.90. The van der Waals surface area contributed by atoms with E-state index in [4.69, 9.17) is 0 Å². The molecule has 2 aliphatic carbocycles. The molecule has 1 fully saturated rings. The Morgan fingerprint density at radius 2 is 2.00 bits per heavy atom. The zero-order chi connectivity index (χ0) is 11.1. The van der Waals surface area contributed by atoms with Crippen molar-refractivity contribution in [3.8, 4) is 0 Å². The van der Waals surface area contributed by atoms with E-state index in [-0.39, 0.29) is 5.48 Å². The van der Waals surface area contributed by atoms with Crippen LogP contribution in [0, 0.1) is 17.3 Å². The van der Waals surface area contributed by atoms with Crippen LogP contribution in [0.4, 0.5) is 0 Å². The molecule has 1 heteroatoms. The van der Waals surface area contributed by atoms with Gasteiger partial charge in [-0.1, -0.05) is 37.6 Å². The second-order valence-electron chi connectivity index (χ2n) is 6.19. The van der Waals surface area contributed by atoms with E-state index in [0.29, 0.717) is 5.41 Å². The molecular formula is C15H26O. The fourth-order valence-electron chi connectivity index (χ4n) is 3.44. The van der Waals surface area contributed by atoms with Crippen LogP contribution in [0.15, 0.2) is 23.8 Å². The lowest BCUT2D eigenvalue weighted by Gasteiger charge is -2.53. The largest absolute Gasteiger partial charge is 0.412 e. The van der Waals surface area contributed by atoms with Gasteiger partial charge in [0, 0.05) is 0 Å². The quantitative estimate of drug-likeness (QED) is 0.557. The first-order chi connectivity index (χ1) is 7.00. The van der Waals surface area contributed by atoms with Crippen LogP contribution in [-0.4, -0.2) is 5.48 Å². The molecule has 2 rings (SSSR count). The molecule has 1 saturated carbocycles. The van der Waals surface area contributed by atoms with Crippen LogP contribution in [0.3, 0.4) is 0 Å². The summed E-state index contributed by atoms with van der Waals surface area (Å²) in [4.78, 5) is 0. The van der Waals surface area contributed by atoms with E-state index in [0.717, 1.165) is 11.8 Å². The lowest BCUT2D eigenvalue weighted by atomic mass is 9.52. The van der Waals surface area contributed by atoms with Gasteiger partial charge in [-0.2, -0.15) is 0 Å². The lowest BCUT2D eigenvalue weighted by Crippen LogP contribution is -2.44. The molecule has 0 amide bonds. The Kier molecular flexibility index (Phi) is 4.01. The molecule has 0 unspecified atom stereocenters. The summed E-state index contributed by atoms with van der Waals surface area (Å²) in [6, 6.07) is 0. The molecule has 0 aliphatic heterocycles. The number of hydrogen-bond acceptors (Lipinski definition) is 0. The molecule has 0 aromatic rings. The van der Waals surface area contributed by atoms with Gasteiger partial charge >= 0.3 is 0 Å². The Bertz CT molecular complexity index is 299.